The molecule has 0 aliphatic carbocycles. The quantitative estimate of drug-likeness (QED) is 0.344. The third-order valence-electron chi connectivity index (χ3n) is 7.00. The monoisotopic (exact) mass is 604 g/mol. The van der Waals surface area contributed by atoms with Crippen molar-refractivity contribution in [1.29, 1.82) is 0 Å². The number of ether oxygens (including phenoxy) is 3. The first-order valence-electron chi connectivity index (χ1n) is 13.0. The van der Waals surface area contributed by atoms with Gasteiger partial charge in [-0.15, -0.1) is 0 Å². The smallest absolute Gasteiger partial charge is 0.437 e. The number of carbonyl (C=O) groups is 2. The molecule has 2 amide bonds. The van der Waals surface area contributed by atoms with Gasteiger partial charge < -0.3 is 38.7 Å². The maximum atomic E-state index is 13.3. The van der Waals surface area contributed by atoms with E-state index in [1.54, 1.807) is 0 Å². The zero-order valence-electron chi connectivity index (χ0n) is 22.1. The molecule has 226 valence electrons. The molecule has 2 N–H and O–H groups in total. The Labute approximate surface area is 239 Å². The Balaban J connectivity index is 1.12. The number of halogens is 3. The van der Waals surface area contributed by atoms with E-state index in [1.165, 1.54) is 51.0 Å². The SMILES string of the molecule is O=C(OC1COC[C@H]1O)N1CCN(C(=O)c2ccc(Oc3nccn4c(-c5conc5C(F)(F)F)cnc34)cc2O)CC1. The van der Waals surface area contributed by atoms with Crippen LogP contribution in [0.25, 0.3) is 16.9 Å². The molecule has 4 aromatic rings. The van der Waals surface area contributed by atoms with Crippen LogP contribution in [0.3, 0.4) is 0 Å². The van der Waals surface area contributed by atoms with Gasteiger partial charge in [0.25, 0.3) is 11.8 Å². The Kier molecular flexibility index (Phi) is 7.26. The summed E-state index contributed by atoms with van der Waals surface area (Å²) in [5.74, 6) is -0.832. The van der Waals surface area contributed by atoms with E-state index in [-0.39, 0.29) is 79.2 Å². The third-order valence-corrected chi connectivity index (χ3v) is 7.00. The summed E-state index contributed by atoms with van der Waals surface area (Å²) in [7, 11) is 0. The molecule has 17 heteroatoms. The summed E-state index contributed by atoms with van der Waals surface area (Å²) in [5, 5.41) is 23.5. The van der Waals surface area contributed by atoms with Crippen LogP contribution in [0.4, 0.5) is 18.0 Å². The van der Waals surface area contributed by atoms with Crippen LogP contribution >= 0.6 is 0 Å². The van der Waals surface area contributed by atoms with E-state index in [9.17, 15) is 33.0 Å². The summed E-state index contributed by atoms with van der Waals surface area (Å²) in [5.41, 5.74) is -1.41. The number of aliphatic hydroxyl groups is 1. The first-order chi connectivity index (χ1) is 20.6. The second-order valence-corrected chi connectivity index (χ2v) is 9.73. The average molecular weight is 604 g/mol. The average Bonchev–Trinajstić information content (AvgIpc) is 3.73. The van der Waals surface area contributed by atoms with Crippen LogP contribution in [-0.2, 0) is 15.7 Å². The molecule has 6 rings (SSSR count). The molecule has 2 atom stereocenters. The summed E-state index contributed by atoms with van der Waals surface area (Å²) < 4.78 is 62.0. The molecule has 14 nitrogen and oxygen atoms in total. The molecule has 1 aromatic carbocycles. The van der Waals surface area contributed by atoms with Gasteiger partial charge in [0, 0.05) is 44.6 Å². The van der Waals surface area contributed by atoms with Crippen LogP contribution in [-0.4, -0.2) is 103 Å². The van der Waals surface area contributed by atoms with Crippen molar-refractivity contribution < 1.29 is 51.7 Å². The second-order valence-electron chi connectivity index (χ2n) is 9.73. The first-order valence-corrected chi connectivity index (χ1v) is 13.0. The van der Waals surface area contributed by atoms with E-state index in [4.69, 9.17) is 14.2 Å². The number of benzene rings is 1. The van der Waals surface area contributed by atoms with Crippen LogP contribution in [0, 0.1) is 0 Å². The number of aromatic nitrogens is 4. The largest absolute Gasteiger partial charge is 0.507 e. The number of imidazole rings is 1. The molecule has 3 aromatic heterocycles. The third kappa shape index (κ3) is 5.51. The van der Waals surface area contributed by atoms with Crippen molar-refractivity contribution in [2.45, 2.75) is 18.4 Å². The predicted molar refractivity (Wildman–Crippen MR) is 136 cm³/mol. The molecule has 2 aliphatic rings. The zero-order valence-corrected chi connectivity index (χ0v) is 22.1. The van der Waals surface area contributed by atoms with Gasteiger partial charge in [-0.25, -0.2) is 14.8 Å². The normalized spacial score (nSPS) is 19.2. The van der Waals surface area contributed by atoms with Gasteiger partial charge in [-0.05, 0) is 12.1 Å². The summed E-state index contributed by atoms with van der Waals surface area (Å²) in [6.45, 7) is 0.969. The highest BCUT2D eigenvalue weighted by atomic mass is 19.4. The number of phenols is 1. The maximum absolute atomic E-state index is 13.3. The second kappa shape index (κ2) is 11.1. The molecular weight excluding hydrogens is 581 g/mol. The van der Waals surface area contributed by atoms with E-state index in [0.717, 1.165) is 6.26 Å². The van der Waals surface area contributed by atoms with Gasteiger partial charge in [0.2, 0.25) is 5.65 Å². The van der Waals surface area contributed by atoms with Crippen LogP contribution in [0.15, 0.2) is 47.6 Å². The van der Waals surface area contributed by atoms with Crippen molar-refractivity contribution in [3.63, 3.8) is 0 Å². The van der Waals surface area contributed by atoms with Crippen LogP contribution in [0.2, 0.25) is 0 Å². The van der Waals surface area contributed by atoms with Crippen molar-refractivity contribution in [3.8, 4) is 28.6 Å². The molecule has 0 bridgehead atoms. The number of hydrogen-bond acceptors (Lipinski definition) is 11. The van der Waals surface area contributed by atoms with E-state index >= 15 is 0 Å². The highest BCUT2D eigenvalue weighted by Gasteiger charge is 2.39. The van der Waals surface area contributed by atoms with Gasteiger partial charge in [0.05, 0.1) is 36.2 Å². The van der Waals surface area contributed by atoms with Gasteiger partial charge >= 0.3 is 12.3 Å². The van der Waals surface area contributed by atoms with Crippen molar-refractivity contribution in [2.24, 2.45) is 0 Å². The Morgan fingerprint density at radius 2 is 1.84 bits per heavy atom. The summed E-state index contributed by atoms with van der Waals surface area (Å²) in [6, 6.07) is 3.98. The Morgan fingerprint density at radius 3 is 2.53 bits per heavy atom. The fourth-order valence-electron chi connectivity index (χ4n) is 4.76. The summed E-state index contributed by atoms with van der Waals surface area (Å²) >= 11 is 0. The van der Waals surface area contributed by atoms with Crippen LogP contribution in [0.1, 0.15) is 16.1 Å². The number of amides is 2. The number of carbonyl (C=O) groups excluding carboxylic acids is 2. The van der Waals surface area contributed by atoms with Crippen LogP contribution in [0.5, 0.6) is 17.4 Å². The molecule has 2 saturated heterocycles. The fraction of sp³-hybridized carbons (Fsp3) is 0.346. The predicted octanol–water partition coefficient (Wildman–Crippen LogP) is 2.56. The zero-order chi connectivity index (χ0) is 30.3. The molecule has 43 heavy (non-hydrogen) atoms. The molecule has 0 radical (unpaired) electrons. The van der Waals surface area contributed by atoms with Crippen molar-refractivity contribution >= 4 is 17.6 Å². The Bertz CT molecular complexity index is 1670. The number of alkyl halides is 3. The minimum Gasteiger partial charge on any atom is -0.507 e. The van der Waals surface area contributed by atoms with Gasteiger partial charge in [-0.1, -0.05) is 5.16 Å². The van der Waals surface area contributed by atoms with E-state index in [2.05, 4.69) is 19.6 Å². The summed E-state index contributed by atoms with van der Waals surface area (Å²) in [6.07, 6.45) is -2.23. The lowest BCUT2D eigenvalue weighted by Crippen LogP contribution is -2.51. The number of rotatable bonds is 5. The maximum Gasteiger partial charge on any atom is 0.437 e. The molecule has 0 saturated carbocycles. The van der Waals surface area contributed by atoms with E-state index < -0.39 is 36.1 Å². The number of nitrogens with zero attached hydrogens (tertiary/aromatic N) is 6. The van der Waals surface area contributed by atoms with Crippen LogP contribution < -0.4 is 4.74 Å². The lowest BCUT2D eigenvalue weighted by molar-refractivity contribution is -0.142. The number of aromatic hydroxyl groups is 1. The molecule has 2 fully saturated rings. The Morgan fingerprint density at radius 1 is 1.07 bits per heavy atom. The van der Waals surface area contributed by atoms with E-state index in [0.29, 0.717) is 0 Å². The minimum atomic E-state index is -4.75. The van der Waals surface area contributed by atoms with Gasteiger partial charge in [0.15, 0.2) is 11.8 Å². The highest BCUT2D eigenvalue weighted by Crippen LogP contribution is 2.37. The number of fused-ring (bicyclic) bond motifs is 1. The first kappa shape index (κ1) is 28.2. The number of hydrogen-bond donors (Lipinski definition) is 2. The number of piperazine rings is 1. The summed E-state index contributed by atoms with van der Waals surface area (Å²) in [4.78, 5) is 36.6. The number of phenolic OH excluding ortho intramolecular Hbond substituents is 1. The minimum absolute atomic E-state index is 0.00370. The standard InChI is InChI=1S/C26H23F3N6O8/c27-26(28,29)21-16(11-41-32-21)17-10-31-22-23(30-3-4-35(17)22)42-14-1-2-15(18(36)9-14)24(38)33-5-7-34(8-6-33)25(39)43-20-13-40-12-19(20)37/h1-4,9-11,19-20,36-37H,5-8,12-13H2/t19-,20?/m1/s1. The molecular formula is C26H23F3N6O8. The molecule has 1 unspecified atom stereocenters. The molecule has 0 spiro atoms. The van der Waals surface area contributed by atoms with E-state index in [1.807, 2.05) is 0 Å². The van der Waals surface area contributed by atoms with Gasteiger partial charge in [0.1, 0.15) is 23.9 Å². The lowest BCUT2D eigenvalue weighted by Gasteiger charge is -2.34. The van der Waals surface area contributed by atoms with Crippen molar-refractivity contribution in [2.75, 3.05) is 39.4 Å². The van der Waals surface area contributed by atoms with Crippen molar-refractivity contribution in [3.05, 3.63) is 54.3 Å². The highest BCUT2D eigenvalue weighted by molar-refractivity contribution is 5.97. The topological polar surface area (TPSA) is 165 Å². The molecule has 2 aliphatic heterocycles. The van der Waals surface area contributed by atoms with Gasteiger partial charge in [-0.2, -0.15) is 13.2 Å². The number of aliphatic hydroxyl groups excluding tert-OH is 1. The Hall–Kier alpha value is -4.90. The van der Waals surface area contributed by atoms with Gasteiger partial charge in [-0.3, -0.25) is 9.20 Å². The van der Waals surface area contributed by atoms with Crippen molar-refractivity contribution in [1.82, 2.24) is 29.3 Å². The molecule has 5 heterocycles. The lowest BCUT2D eigenvalue weighted by atomic mass is 10.1. The fourth-order valence-corrected chi connectivity index (χ4v) is 4.76.